The molecule has 0 bridgehead atoms. The lowest BCUT2D eigenvalue weighted by atomic mass is 10.1. The molecule has 3 aromatic carbocycles. The molecule has 0 radical (unpaired) electrons. The lowest BCUT2D eigenvalue weighted by molar-refractivity contribution is 0.0974. The van der Waals surface area contributed by atoms with Crippen molar-refractivity contribution in [3.05, 3.63) is 99.2 Å². The van der Waals surface area contributed by atoms with Crippen molar-refractivity contribution in [2.24, 2.45) is 0 Å². The molecule has 1 amide bonds. The van der Waals surface area contributed by atoms with Crippen molar-refractivity contribution in [1.29, 1.82) is 0 Å². The molecule has 0 aliphatic rings. The molecule has 0 aliphatic carbocycles. The summed E-state index contributed by atoms with van der Waals surface area (Å²) >= 11 is 9.62. The Morgan fingerprint density at radius 2 is 1.71 bits per heavy atom. The molecule has 2 N–H and O–H groups in total. The van der Waals surface area contributed by atoms with Gasteiger partial charge in [0.15, 0.2) is 5.82 Å². The van der Waals surface area contributed by atoms with Crippen molar-refractivity contribution in [1.82, 2.24) is 15.3 Å². The zero-order valence-corrected chi connectivity index (χ0v) is 17.0. The van der Waals surface area contributed by atoms with E-state index in [9.17, 15) is 4.79 Å². The van der Waals surface area contributed by atoms with E-state index in [1.807, 2.05) is 54.6 Å². The number of para-hydroxylation sites is 2. The first kappa shape index (κ1) is 18.5. The molecule has 4 nitrogen and oxygen atoms in total. The van der Waals surface area contributed by atoms with Crippen molar-refractivity contribution in [3.8, 4) is 0 Å². The molecule has 0 spiro atoms. The third kappa shape index (κ3) is 4.01. The number of halogens is 2. The third-order valence-electron chi connectivity index (χ3n) is 4.19. The van der Waals surface area contributed by atoms with Gasteiger partial charge in [0, 0.05) is 4.47 Å². The summed E-state index contributed by atoms with van der Waals surface area (Å²) in [4.78, 5) is 20.7. The SMILES string of the molecule is O=C(N/C(=C/c1ccc(Br)cc1)c1nc2ccccc2[nH]1)c1ccccc1Cl. The largest absolute Gasteiger partial charge is 0.337 e. The van der Waals surface area contributed by atoms with Crippen molar-refractivity contribution in [2.75, 3.05) is 0 Å². The van der Waals surface area contributed by atoms with Crippen LogP contribution < -0.4 is 5.32 Å². The Bertz CT molecular complexity index is 1150. The molecule has 138 valence electrons. The van der Waals surface area contributed by atoms with Gasteiger partial charge in [-0.1, -0.05) is 63.9 Å². The van der Waals surface area contributed by atoms with Crippen LogP contribution in [0.25, 0.3) is 22.8 Å². The van der Waals surface area contributed by atoms with E-state index in [4.69, 9.17) is 11.6 Å². The van der Waals surface area contributed by atoms with Crippen LogP contribution in [0.4, 0.5) is 0 Å². The quantitative estimate of drug-likeness (QED) is 0.404. The molecule has 0 saturated heterocycles. The third-order valence-corrected chi connectivity index (χ3v) is 5.05. The fraction of sp³-hybridized carbons (Fsp3) is 0. The first-order valence-corrected chi connectivity index (χ1v) is 9.75. The van der Waals surface area contributed by atoms with Crippen molar-refractivity contribution in [3.63, 3.8) is 0 Å². The second kappa shape index (κ2) is 8.00. The Morgan fingerprint density at radius 3 is 2.46 bits per heavy atom. The van der Waals surface area contributed by atoms with Crippen LogP contribution >= 0.6 is 27.5 Å². The number of rotatable bonds is 4. The maximum atomic E-state index is 12.8. The first-order valence-electron chi connectivity index (χ1n) is 8.58. The van der Waals surface area contributed by atoms with E-state index in [2.05, 4.69) is 31.2 Å². The van der Waals surface area contributed by atoms with Gasteiger partial charge in [-0.2, -0.15) is 0 Å². The Labute approximate surface area is 175 Å². The number of carbonyl (C=O) groups is 1. The number of carbonyl (C=O) groups excluding carboxylic acids is 1. The Hall–Kier alpha value is -2.89. The number of aromatic amines is 1. The first-order chi connectivity index (χ1) is 13.6. The standard InChI is InChI=1S/C22H15BrClN3O/c23-15-11-9-14(10-12-15)13-20(21-25-18-7-3-4-8-19(18)26-21)27-22(28)16-5-1-2-6-17(16)24/h1-13H,(H,25,26)(H,27,28)/b20-13+. The predicted octanol–water partition coefficient (Wildman–Crippen LogP) is 5.91. The van der Waals surface area contributed by atoms with Crippen molar-refractivity contribution in [2.45, 2.75) is 0 Å². The summed E-state index contributed by atoms with van der Waals surface area (Å²) in [5.41, 5.74) is 3.61. The topological polar surface area (TPSA) is 57.8 Å². The monoisotopic (exact) mass is 451 g/mol. The minimum Gasteiger partial charge on any atom is -0.337 e. The molecule has 6 heteroatoms. The second-order valence-electron chi connectivity index (χ2n) is 6.15. The van der Waals surface area contributed by atoms with Crippen LogP contribution in [-0.2, 0) is 0 Å². The molecule has 4 aromatic rings. The minimum absolute atomic E-state index is 0.297. The van der Waals surface area contributed by atoms with E-state index in [0.717, 1.165) is 21.1 Å². The normalized spacial score (nSPS) is 11.6. The number of hydrogen-bond donors (Lipinski definition) is 2. The smallest absolute Gasteiger partial charge is 0.257 e. The number of amides is 1. The highest BCUT2D eigenvalue weighted by molar-refractivity contribution is 9.10. The van der Waals surface area contributed by atoms with Crippen LogP contribution in [0.1, 0.15) is 21.7 Å². The maximum Gasteiger partial charge on any atom is 0.257 e. The van der Waals surface area contributed by atoms with Gasteiger partial charge in [0.1, 0.15) is 0 Å². The summed E-state index contributed by atoms with van der Waals surface area (Å²) in [5.74, 6) is 0.277. The fourth-order valence-electron chi connectivity index (χ4n) is 2.80. The van der Waals surface area contributed by atoms with Crippen LogP contribution in [0.15, 0.2) is 77.3 Å². The van der Waals surface area contributed by atoms with Gasteiger partial charge in [0.25, 0.3) is 5.91 Å². The number of imidazole rings is 1. The predicted molar refractivity (Wildman–Crippen MR) is 117 cm³/mol. The van der Waals surface area contributed by atoms with E-state index in [1.54, 1.807) is 24.3 Å². The molecule has 0 unspecified atom stereocenters. The van der Waals surface area contributed by atoms with E-state index in [-0.39, 0.29) is 5.91 Å². The Kier molecular flexibility index (Phi) is 5.28. The van der Waals surface area contributed by atoms with Crippen LogP contribution in [0.2, 0.25) is 5.02 Å². The van der Waals surface area contributed by atoms with Gasteiger partial charge in [-0.15, -0.1) is 0 Å². The van der Waals surface area contributed by atoms with E-state index >= 15 is 0 Å². The lowest BCUT2D eigenvalue weighted by Crippen LogP contribution is -2.22. The van der Waals surface area contributed by atoms with Gasteiger partial charge < -0.3 is 10.3 Å². The van der Waals surface area contributed by atoms with Gasteiger partial charge in [-0.3, -0.25) is 4.79 Å². The molecule has 0 fully saturated rings. The van der Waals surface area contributed by atoms with Crippen LogP contribution in [-0.4, -0.2) is 15.9 Å². The molecule has 1 heterocycles. The molecular weight excluding hydrogens is 438 g/mol. The summed E-state index contributed by atoms with van der Waals surface area (Å²) in [6, 6.07) is 22.5. The van der Waals surface area contributed by atoms with Gasteiger partial charge in [0.2, 0.25) is 0 Å². The Morgan fingerprint density at radius 1 is 1.00 bits per heavy atom. The highest BCUT2D eigenvalue weighted by Gasteiger charge is 2.15. The number of aromatic nitrogens is 2. The average molecular weight is 453 g/mol. The zero-order chi connectivity index (χ0) is 19.5. The second-order valence-corrected chi connectivity index (χ2v) is 7.47. The summed E-state index contributed by atoms with van der Waals surface area (Å²) < 4.78 is 0.982. The van der Waals surface area contributed by atoms with Crippen LogP contribution in [0, 0.1) is 0 Å². The van der Waals surface area contributed by atoms with Gasteiger partial charge >= 0.3 is 0 Å². The molecule has 0 atom stereocenters. The summed E-state index contributed by atoms with van der Waals surface area (Å²) in [7, 11) is 0. The number of H-pyrrole nitrogens is 1. The fourth-order valence-corrected chi connectivity index (χ4v) is 3.29. The molecule has 0 saturated carbocycles. The van der Waals surface area contributed by atoms with Crippen LogP contribution in [0.3, 0.4) is 0 Å². The summed E-state index contributed by atoms with van der Waals surface area (Å²) in [5, 5.41) is 3.34. The highest BCUT2D eigenvalue weighted by Crippen LogP contribution is 2.21. The number of fused-ring (bicyclic) bond motifs is 1. The number of benzene rings is 3. The average Bonchev–Trinajstić information content (AvgIpc) is 3.13. The molecule has 1 aromatic heterocycles. The number of nitrogens with one attached hydrogen (secondary N) is 2. The van der Waals surface area contributed by atoms with E-state index in [1.165, 1.54) is 0 Å². The van der Waals surface area contributed by atoms with E-state index in [0.29, 0.717) is 22.1 Å². The molecule has 4 rings (SSSR count). The lowest BCUT2D eigenvalue weighted by Gasteiger charge is -2.09. The molecular formula is C22H15BrClN3O. The van der Waals surface area contributed by atoms with Crippen LogP contribution in [0.5, 0.6) is 0 Å². The summed E-state index contributed by atoms with van der Waals surface area (Å²) in [6.07, 6.45) is 1.87. The van der Waals surface area contributed by atoms with Crippen molar-refractivity contribution >= 4 is 56.2 Å². The number of hydrogen-bond acceptors (Lipinski definition) is 2. The highest BCUT2D eigenvalue weighted by atomic mass is 79.9. The maximum absolute atomic E-state index is 12.8. The zero-order valence-electron chi connectivity index (χ0n) is 14.6. The molecule has 28 heavy (non-hydrogen) atoms. The van der Waals surface area contributed by atoms with Gasteiger partial charge in [-0.25, -0.2) is 4.98 Å². The summed E-state index contributed by atoms with van der Waals surface area (Å²) in [6.45, 7) is 0. The number of nitrogens with zero attached hydrogens (tertiary/aromatic N) is 1. The van der Waals surface area contributed by atoms with Gasteiger partial charge in [0.05, 0.1) is 27.3 Å². The molecule has 0 aliphatic heterocycles. The van der Waals surface area contributed by atoms with E-state index < -0.39 is 0 Å². The minimum atomic E-state index is -0.297. The van der Waals surface area contributed by atoms with Crippen molar-refractivity contribution < 1.29 is 4.79 Å². The Balaban J connectivity index is 1.75. The van der Waals surface area contributed by atoms with Gasteiger partial charge in [-0.05, 0) is 48.0 Å².